The van der Waals surface area contributed by atoms with Gasteiger partial charge in [0.05, 0.1) is 12.7 Å². The second kappa shape index (κ2) is 11.0. The van der Waals surface area contributed by atoms with Gasteiger partial charge >= 0.3 is 13.7 Å². The highest BCUT2D eigenvalue weighted by Crippen LogP contribution is 2.48. The minimum atomic E-state index is -4.25. The summed E-state index contributed by atoms with van der Waals surface area (Å²) in [7, 11) is -4.25. The predicted molar refractivity (Wildman–Crippen MR) is 134 cm³/mol. The van der Waals surface area contributed by atoms with E-state index < -0.39 is 56.6 Å². The van der Waals surface area contributed by atoms with E-state index in [1.165, 1.54) is 30.8 Å². The topological polar surface area (TPSA) is 147 Å². The highest BCUT2D eigenvalue weighted by atomic mass is 31.2. The second-order valence-corrected chi connectivity index (χ2v) is 11.1. The Balaban J connectivity index is 1.55. The van der Waals surface area contributed by atoms with Crippen molar-refractivity contribution in [1.82, 2.24) is 24.6 Å². The number of nitrogens with one attached hydrogen (secondary N) is 1. The number of aromatic nitrogens is 4. The SMILES string of the molecule is Cc1nc2nccnc2n1[C@@H]1O[C@H](COP(=O)(NC(C)C(=O)OC(C)C)Oc2ccccc2)[C@@H](O)[C@@]1(C)F. The Morgan fingerprint density at radius 3 is 2.63 bits per heavy atom. The molecule has 38 heavy (non-hydrogen) atoms. The number of aliphatic hydroxyl groups excluding tert-OH is 1. The van der Waals surface area contributed by atoms with Crippen LogP contribution in [-0.4, -0.2) is 67.2 Å². The highest BCUT2D eigenvalue weighted by molar-refractivity contribution is 7.52. The number of aliphatic hydroxyl groups is 1. The molecule has 0 saturated carbocycles. The lowest BCUT2D eigenvalue weighted by atomic mass is 9.98. The third-order valence-corrected chi connectivity index (χ3v) is 7.53. The van der Waals surface area contributed by atoms with E-state index in [0.29, 0.717) is 11.5 Å². The van der Waals surface area contributed by atoms with Crippen molar-refractivity contribution in [3.8, 4) is 5.75 Å². The molecule has 2 unspecified atom stereocenters. The number of rotatable bonds is 10. The molecule has 3 aromatic rings. The second-order valence-electron chi connectivity index (χ2n) is 9.39. The first kappa shape index (κ1) is 28.1. The Kier molecular flexibility index (Phi) is 8.15. The molecule has 4 rings (SSSR count). The standard InChI is InChI=1S/C24H31FN5O7P/c1-14(2)35-22(32)15(3)29-38(33,37-17-9-7-6-8-10-17)34-13-18-19(31)24(5,25)23(36-18)30-16(4)28-20-21(30)27-12-11-26-20/h6-12,14-15,18-19,23,31H,13H2,1-5H3,(H,29,33)/t15?,18-,19-,23-,24-,38?/m1/s1. The maximum absolute atomic E-state index is 15.9. The summed E-state index contributed by atoms with van der Waals surface area (Å²) in [6.07, 6.45) is -1.74. The number of carbonyl (C=O) groups is 1. The van der Waals surface area contributed by atoms with E-state index in [1.807, 2.05) is 0 Å². The zero-order valence-corrected chi connectivity index (χ0v) is 22.5. The normalized spacial score (nSPS) is 25.8. The van der Waals surface area contributed by atoms with Gasteiger partial charge in [0.1, 0.15) is 29.8 Å². The Bertz CT molecular complexity index is 1320. The molecule has 0 amide bonds. The van der Waals surface area contributed by atoms with Gasteiger partial charge in [-0.3, -0.25) is 13.9 Å². The Morgan fingerprint density at radius 1 is 1.26 bits per heavy atom. The third-order valence-electron chi connectivity index (χ3n) is 5.89. The number of aryl methyl sites for hydroxylation is 1. The van der Waals surface area contributed by atoms with Gasteiger partial charge in [0.2, 0.25) is 0 Å². The van der Waals surface area contributed by atoms with Gasteiger partial charge in [0.25, 0.3) is 0 Å². The first-order valence-corrected chi connectivity index (χ1v) is 13.6. The highest BCUT2D eigenvalue weighted by Gasteiger charge is 2.56. The molecular formula is C24H31FN5O7P. The van der Waals surface area contributed by atoms with Gasteiger partial charge in [-0.1, -0.05) is 18.2 Å². The summed E-state index contributed by atoms with van der Waals surface area (Å²) in [5.41, 5.74) is -1.72. The minimum Gasteiger partial charge on any atom is -0.462 e. The summed E-state index contributed by atoms with van der Waals surface area (Å²) in [5.74, 6) is -0.0865. The van der Waals surface area contributed by atoms with Crippen LogP contribution in [0.25, 0.3) is 11.3 Å². The Hall–Kier alpha value is -2.96. The van der Waals surface area contributed by atoms with Gasteiger partial charge in [0, 0.05) is 12.4 Å². The molecule has 2 aromatic heterocycles. The molecule has 0 radical (unpaired) electrons. The van der Waals surface area contributed by atoms with E-state index in [4.69, 9.17) is 18.5 Å². The summed E-state index contributed by atoms with van der Waals surface area (Å²) >= 11 is 0. The Morgan fingerprint density at radius 2 is 1.95 bits per heavy atom. The van der Waals surface area contributed by atoms with Crippen LogP contribution in [0.1, 0.15) is 39.7 Å². The lowest BCUT2D eigenvalue weighted by molar-refractivity contribution is -0.149. The molecule has 1 aliphatic rings. The molecule has 1 aliphatic heterocycles. The molecule has 14 heteroatoms. The van der Waals surface area contributed by atoms with Crippen molar-refractivity contribution in [2.45, 2.75) is 70.9 Å². The molecule has 206 valence electrons. The molecular weight excluding hydrogens is 520 g/mol. The van der Waals surface area contributed by atoms with Crippen molar-refractivity contribution in [2.75, 3.05) is 6.61 Å². The summed E-state index contributed by atoms with van der Waals surface area (Å²) < 4.78 is 53.3. The van der Waals surface area contributed by atoms with Gasteiger partial charge in [-0.25, -0.2) is 23.9 Å². The Labute approximate surface area is 219 Å². The van der Waals surface area contributed by atoms with Crippen LogP contribution in [0.2, 0.25) is 0 Å². The summed E-state index contributed by atoms with van der Waals surface area (Å²) in [6, 6.07) is 7.11. The molecule has 0 aliphatic carbocycles. The average molecular weight is 552 g/mol. The molecule has 12 nitrogen and oxygen atoms in total. The fourth-order valence-electron chi connectivity index (χ4n) is 4.05. The molecule has 2 N–H and O–H groups in total. The van der Waals surface area contributed by atoms with Crippen LogP contribution in [0.4, 0.5) is 4.39 Å². The van der Waals surface area contributed by atoms with E-state index in [0.717, 1.165) is 0 Å². The number of alkyl halides is 1. The molecule has 0 spiro atoms. The molecule has 0 bridgehead atoms. The van der Waals surface area contributed by atoms with Crippen molar-refractivity contribution < 1.29 is 37.4 Å². The monoisotopic (exact) mass is 551 g/mol. The van der Waals surface area contributed by atoms with Crippen molar-refractivity contribution in [3.05, 3.63) is 48.5 Å². The van der Waals surface area contributed by atoms with Crippen LogP contribution in [0.5, 0.6) is 5.75 Å². The fourth-order valence-corrected chi connectivity index (χ4v) is 5.55. The van der Waals surface area contributed by atoms with E-state index in [-0.39, 0.29) is 11.4 Å². The number of hydrogen-bond acceptors (Lipinski definition) is 10. The number of esters is 1. The van der Waals surface area contributed by atoms with Crippen LogP contribution < -0.4 is 9.61 Å². The zero-order valence-electron chi connectivity index (χ0n) is 21.6. The van der Waals surface area contributed by atoms with Crippen molar-refractivity contribution in [1.29, 1.82) is 0 Å². The summed E-state index contributed by atoms with van der Waals surface area (Å²) in [4.78, 5) is 25.0. The number of ether oxygens (including phenoxy) is 2. The van der Waals surface area contributed by atoms with Crippen molar-refractivity contribution >= 4 is 25.0 Å². The number of benzene rings is 1. The summed E-state index contributed by atoms with van der Waals surface area (Å²) in [6.45, 7) is 7.10. The molecule has 1 aromatic carbocycles. The maximum atomic E-state index is 15.9. The average Bonchev–Trinajstić information content (AvgIpc) is 3.29. The number of imidazole rings is 1. The van der Waals surface area contributed by atoms with Crippen molar-refractivity contribution in [3.63, 3.8) is 0 Å². The predicted octanol–water partition coefficient (Wildman–Crippen LogP) is 3.25. The summed E-state index contributed by atoms with van der Waals surface area (Å²) in [5, 5.41) is 13.4. The van der Waals surface area contributed by atoms with E-state index in [1.54, 1.807) is 51.1 Å². The maximum Gasteiger partial charge on any atom is 0.459 e. The van der Waals surface area contributed by atoms with Crippen LogP contribution in [0, 0.1) is 6.92 Å². The van der Waals surface area contributed by atoms with Crippen LogP contribution >= 0.6 is 7.75 Å². The quantitative estimate of drug-likeness (QED) is 0.283. The third kappa shape index (κ3) is 5.87. The lowest BCUT2D eigenvalue weighted by Gasteiger charge is -2.25. The van der Waals surface area contributed by atoms with Gasteiger partial charge in [-0.2, -0.15) is 5.09 Å². The fraction of sp³-hybridized carbons (Fsp3) is 0.500. The van der Waals surface area contributed by atoms with Gasteiger partial charge in [-0.05, 0) is 46.8 Å². The molecule has 1 fully saturated rings. The number of hydrogen-bond donors (Lipinski definition) is 2. The smallest absolute Gasteiger partial charge is 0.459 e. The number of para-hydroxylation sites is 1. The van der Waals surface area contributed by atoms with Crippen LogP contribution in [-0.2, 0) is 23.4 Å². The number of halogens is 1. The molecule has 3 heterocycles. The van der Waals surface area contributed by atoms with Gasteiger partial charge in [0.15, 0.2) is 23.2 Å². The minimum absolute atomic E-state index is 0.202. The molecule has 1 saturated heterocycles. The largest absolute Gasteiger partial charge is 0.462 e. The van der Waals surface area contributed by atoms with Crippen molar-refractivity contribution in [2.24, 2.45) is 0 Å². The van der Waals surface area contributed by atoms with E-state index in [9.17, 15) is 14.5 Å². The molecule has 6 atom stereocenters. The lowest BCUT2D eigenvalue weighted by Crippen LogP contribution is -2.41. The van der Waals surface area contributed by atoms with Gasteiger partial charge < -0.3 is 19.1 Å². The van der Waals surface area contributed by atoms with Crippen LogP contribution in [0.15, 0.2) is 42.7 Å². The zero-order chi connectivity index (χ0) is 27.7. The first-order valence-electron chi connectivity index (χ1n) is 12.1. The number of fused-ring (bicyclic) bond motifs is 1. The first-order chi connectivity index (χ1) is 17.9. The van der Waals surface area contributed by atoms with E-state index >= 15 is 4.39 Å². The van der Waals surface area contributed by atoms with Crippen LogP contribution in [0.3, 0.4) is 0 Å². The van der Waals surface area contributed by atoms with E-state index in [2.05, 4.69) is 20.0 Å². The van der Waals surface area contributed by atoms with Gasteiger partial charge in [-0.15, -0.1) is 0 Å². The number of carbonyl (C=O) groups excluding carboxylic acids is 1. The number of nitrogens with zero attached hydrogens (tertiary/aromatic N) is 4.